The number of pyridine rings is 1. The van der Waals surface area contributed by atoms with Gasteiger partial charge < -0.3 is 5.32 Å². The summed E-state index contributed by atoms with van der Waals surface area (Å²) in [5, 5.41) is 3.28. The standard InChI is InChI=1S/C22H22F2N4O3S/c1-15-11-16-3-2-4-20(22(16)25-13-15)32(30,31)28-9-7-27(8-10-28)14-21(29)26-17-5-6-18(23)19(24)12-17/h2-6,11-13H,7-10,14H2,1H3,(H,26,29). The van der Waals surface area contributed by atoms with Crippen LogP contribution in [0.2, 0.25) is 0 Å². The fourth-order valence-corrected chi connectivity index (χ4v) is 5.28. The highest BCUT2D eigenvalue weighted by atomic mass is 32.2. The Morgan fingerprint density at radius 3 is 2.53 bits per heavy atom. The Bertz CT molecular complexity index is 1280. The number of carbonyl (C=O) groups excluding carboxylic acids is 1. The number of halogens is 2. The zero-order valence-corrected chi connectivity index (χ0v) is 18.2. The van der Waals surface area contributed by atoms with Crippen molar-refractivity contribution in [3.8, 4) is 0 Å². The van der Waals surface area contributed by atoms with Gasteiger partial charge in [0.15, 0.2) is 11.6 Å². The molecule has 2 heterocycles. The van der Waals surface area contributed by atoms with Gasteiger partial charge in [0.2, 0.25) is 15.9 Å². The molecule has 10 heteroatoms. The van der Waals surface area contributed by atoms with Crippen LogP contribution in [0.5, 0.6) is 0 Å². The van der Waals surface area contributed by atoms with Crippen LogP contribution in [0.3, 0.4) is 0 Å². The molecule has 0 aliphatic carbocycles. The molecule has 3 aromatic rings. The van der Waals surface area contributed by atoms with Gasteiger partial charge >= 0.3 is 0 Å². The van der Waals surface area contributed by atoms with Crippen LogP contribution >= 0.6 is 0 Å². The maximum Gasteiger partial charge on any atom is 0.245 e. The highest BCUT2D eigenvalue weighted by molar-refractivity contribution is 7.89. The number of para-hydroxylation sites is 1. The second kappa shape index (κ2) is 8.89. The van der Waals surface area contributed by atoms with Gasteiger partial charge in [-0.3, -0.25) is 14.7 Å². The van der Waals surface area contributed by atoms with Crippen LogP contribution in [0, 0.1) is 18.6 Å². The first-order chi connectivity index (χ1) is 15.2. The number of fused-ring (bicyclic) bond motifs is 1. The summed E-state index contributed by atoms with van der Waals surface area (Å²) in [5.41, 5.74) is 1.54. The van der Waals surface area contributed by atoms with E-state index in [1.807, 2.05) is 24.0 Å². The van der Waals surface area contributed by atoms with Gasteiger partial charge in [-0.25, -0.2) is 17.2 Å². The van der Waals surface area contributed by atoms with Gasteiger partial charge in [-0.05, 0) is 36.8 Å². The average molecular weight is 461 g/mol. The monoisotopic (exact) mass is 460 g/mol. The summed E-state index contributed by atoms with van der Waals surface area (Å²) in [7, 11) is -3.74. The van der Waals surface area contributed by atoms with Crippen LogP contribution in [0.4, 0.5) is 14.5 Å². The summed E-state index contributed by atoms with van der Waals surface area (Å²) in [6, 6.07) is 10.1. The van der Waals surface area contributed by atoms with Crippen molar-refractivity contribution in [1.82, 2.24) is 14.2 Å². The number of anilines is 1. The van der Waals surface area contributed by atoms with Crippen molar-refractivity contribution in [2.45, 2.75) is 11.8 Å². The Balaban J connectivity index is 1.40. The summed E-state index contributed by atoms with van der Waals surface area (Å²) >= 11 is 0. The number of benzene rings is 2. The van der Waals surface area contributed by atoms with Crippen LogP contribution in [0.1, 0.15) is 5.56 Å². The van der Waals surface area contributed by atoms with Gasteiger partial charge in [0.05, 0.1) is 12.1 Å². The van der Waals surface area contributed by atoms with Gasteiger partial charge in [0.25, 0.3) is 0 Å². The lowest BCUT2D eigenvalue weighted by molar-refractivity contribution is -0.117. The summed E-state index contributed by atoms with van der Waals surface area (Å²) < 4.78 is 54.2. The SMILES string of the molecule is Cc1cnc2c(S(=O)(=O)N3CCN(CC(=O)Nc4ccc(F)c(F)c4)CC3)cccc2c1. The molecule has 1 aromatic heterocycles. The van der Waals surface area contributed by atoms with Crippen LogP contribution in [-0.2, 0) is 14.8 Å². The molecule has 0 unspecified atom stereocenters. The molecule has 1 aliphatic heterocycles. The summed E-state index contributed by atoms with van der Waals surface area (Å²) in [5.74, 6) is -2.42. The minimum Gasteiger partial charge on any atom is -0.325 e. The Labute approximate surface area is 184 Å². The van der Waals surface area contributed by atoms with E-state index in [9.17, 15) is 22.0 Å². The van der Waals surface area contributed by atoms with Crippen molar-refractivity contribution in [2.24, 2.45) is 0 Å². The summed E-state index contributed by atoms with van der Waals surface area (Å²) in [6.07, 6.45) is 1.64. The third-order valence-corrected chi connectivity index (χ3v) is 7.26. The maximum atomic E-state index is 13.3. The van der Waals surface area contributed by atoms with E-state index in [0.717, 1.165) is 23.1 Å². The lowest BCUT2D eigenvalue weighted by Crippen LogP contribution is -2.50. The van der Waals surface area contributed by atoms with Crippen LogP contribution in [-0.4, -0.2) is 61.2 Å². The predicted octanol–water partition coefficient (Wildman–Crippen LogP) is 2.77. The van der Waals surface area contributed by atoms with E-state index < -0.39 is 21.7 Å². The molecule has 0 radical (unpaired) electrons. The summed E-state index contributed by atoms with van der Waals surface area (Å²) in [4.78, 5) is 18.5. The number of piperazine rings is 1. The van der Waals surface area contributed by atoms with E-state index in [1.165, 1.54) is 10.4 Å². The van der Waals surface area contributed by atoms with Crippen molar-refractivity contribution in [3.05, 3.63) is 65.9 Å². The van der Waals surface area contributed by atoms with Gasteiger partial charge in [0, 0.05) is 49.5 Å². The molecule has 1 amide bonds. The number of nitrogens with one attached hydrogen (secondary N) is 1. The molecule has 1 N–H and O–H groups in total. The molecule has 4 rings (SSSR count). The van der Waals surface area contributed by atoms with Crippen molar-refractivity contribution >= 4 is 32.5 Å². The number of aryl methyl sites for hydroxylation is 1. The number of aromatic nitrogens is 1. The van der Waals surface area contributed by atoms with E-state index in [2.05, 4.69) is 10.3 Å². The topological polar surface area (TPSA) is 82.6 Å². The first-order valence-corrected chi connectivity index (χ1v) is 11.5. The molecule has 0 atom stereocenters. The number of hydrogen-bond donors (Lipinski definition) is 1. The minimum absolute atomic E-state index is 0.0159. The third-order valence-electron chi connectivity index (χ3n) is 5.33. The molecular weight excluding hydrogens is 438 g/mol. The zero-order chi connectivity index (χ0) is 22.9. The molecule has 168 valence electrons. The van der Waals surface area contributed by atoms with Gasteiger partial charge in [0.1, 0.15) is 4.90 Å². The molecule has 1 saturated heterocycles. The minimum atomic E-state index is -3.74. The van der Waals surface area contributed by atoms with Crippen molar-refractivity contribution in [1.29, 1.82) is 0 Å². The smallest absolute Gasteiger partial charge is 0.245 e. The van der Waals surface area contributed by atoms with Crippen LogP contribution in [0.25, 0.3) is 10.9 Å². The predicted molar refractivity (Wildman–Crippen MR) is 117 cm³/mol. The molecule has 0 saturated carbocycles. The first kappa shape index (κ1) is 22.3. The lowest BCUT2D eigenvalue weighted by Gasteiger charge is -2.33. The number of carbonyl (C=O) groups is 1. The van der Waals surface area contributed by atoms with Crippen molar-refractivity contribution < 1.29 is 22.0 Å². The Kier molecular flexibility index (Phi) is 6.18. The van der Waals surface area contributed by atoms with E-state index in [-0.39, 0.29) is 36.1 Å². The van der Waals surface area contributed by atoms with Gasteiger partial charge in [-0.1, -0.05) is 12.1 Å². The van der Waals surface area contributed by atoms with E-state index in [0.29, 0.717) is 18.6 Å². The molecule has 1 fully saturated rings. The number of nitrogens with zero attached hydrogens (tertiary/aromatic N) is 3. The van der Waals surface area contributed by atoms with E-state index in [1.54, 1.807) is 18.3 Å². The highest BCUT2D eigenvalue weighted by Gasteiger charge is 2.30. The fourth-order valence-electron chi connectivity index (χ4n) is 3.70. The Morgan fingerprint density at radius 2 is 1.81 bits per heavy atom. The third kappa shape index (κ3) is 4.62. The molecule has 0 bridgehead atoms. The molecular formula is C22H22F2N4O3S. The molecule has 0 spiro atoms. The number of hydrogen-bond acceptors (Lipinski definition) is 5. The first-order valence-electron chi connectivity index (χ1n) is 10.1. The second-order valence-corrected chi connectivity index (χ2v) is 9.60. The number of amides is 1. The molecule has 1 aliphatic rings. The fraction of sp³-hybridized carbons (Fsp3) is 0.273. The second-order valence-electron chi connectivity index (χ2n) is 7.70. The maximum absolute atomic E-state index is 13.3. The summed E-state index contributed by atoms with van der Waals surface area (Å²) in [6.45, 7) is 3.09. The zero-order valence-electron chi connectivity index (χ0n) is 17.4. The van der Waals surface area contributed by atoms with Crippen molar-refractivity contribution in [2.75, 3.05) is 38.0 Å². The molecule has 2 aromatic carbocycles. The lowest BCUT2D eigenvalue weighted by atomic mass is 10.2. The molecule has 32 heavy (non-hydrogen) atoms. The normalized spacial score (nSPS) is 15.7. The van der Waals surface area contributed by atoms with Crippen molar-refractivity contribution in [3.63, 3.8) is 0 Å². The average Bonchev–Trinajstić information content (AvgIpc) is 2.76. The van der Waals surface area contributed by atoms with E-state index in [4.69, 9.17) is 0 Å². The van der Waals surface area contributed by atoms with E-state index >= 15 is 0 Å². The van der Waals surface area contributed by atoms with Gasteiger partial charge in [-0.15, -0.1) is 0 Å². The van der Waals surface area contributed by atoms with Crippen LogP contribution in [0.15, 0.2) is 53.6 Å². The number of rotatable bonds is 5. The Hall–Kier alpha value is -2.95. The number of sulfonamides is 1. The largest absolute Gasteiger partial charge is 0.325 e. The highest BCUT2D eigenvalue weighted by Crippen LogP contribution is 2.25. The van der Waals surface area contributed by atoms with Crippen LogP contribution < -0.4 is 5.32 Å². The quantitative estimate of drug-likeness (QED) is 0.633. The molecule has 7 nitrogen and oxygen atoms in total. The van der Waals surface area contributed by atoms with Gasteiger partial charge in [-0.2, -0.15) is 4.31 Å². The Morgan fingerprint density at radius 1 is 1.06 bits per heavy atom.